The van der Waals surface area contributed by atoms with Crippen LogP contribution in [0.15, 0.2) is 34.9 Å². The Morgan fingerprint density at radius 1 is 1.08 bits per heavy atom. The van der Waals surface area contributed by atoms with Crippen molar-refractivity contribution in [2.45, 2.75) is 38.3 Å². The van der Waals surface area contributed by atoms with Crippen LogP contribution in [0.4, 0.5) is 0 Å². The number of aromatic nitrogens is 2. The fourth-order valence-corrected chi connectivity index (χ4v) is 4.19. The molecule has 0 saturated carbocycles. The molecule has 3 heterocycles. The summed E-state index contributed by atoms with van der Waals surface area (Å²) in [5.74, 6) is 1.87. The smallest absolute Gasteiger partial charge is 0.241 e. The van der Waals surface area contributed by atoms with Crippen LogP contribution in [0.25, 0.3) is 11.4 Å². The van der Waals surface area contributed by atoms with E-state index in [1.165, 1.54) is 12.8 Å². The topological polar surface area (TPSA) is 65.6 Å². The van der Waals surface area contributed by atoms with Crippen LogP contribution >= 0.6 is 0 Å². The fourth-order valence-electron chi connectivity index (χ4n) is 4.19. The van der Waals surface area contributed by atoms with Gasteiger partial charge in [0.1, 0.15) is 0 Å². The fraction of sp³-hybridized carbons (Fsp3) is 0.600. The van der Waals surface area contributed by atoms with Crippen molar-refractivity contribution in [3.8, 4) is 11.4 Å². The highest BCUT2D eigenvalue weighted by molar-refractivity contribution is 5.53. The van der Waals surface area contributed by atoms with Gasteiger partial charge in [0, 0.05) is 24.8 Å². The van der Waals surface area contributed by atoms with Gasteiger partial charge in [-0.1, -0.05) is 35.5 Å². The molecule has 1 N–H and O–H groups in total. The zero-order valence-corrected chi connectivity index (χ0v) is 15.3. The minimum Gasteiger partial charge on any atom is -0.396 e. The molecule has 2 fully saturated rings. The lowest BCUT2D eigenvalue weighted by atomic mass is 9.94. The van der Waals surface area contributed by atoms with E-state index in [0.29, 0.717) is 30.3 Å². The molecule has 6 heteroatoms. The third-order valence-corrected chi connectivity index (χ3v) is 5.76. The van der Waals surface area contributed by atoms with E-state index in [2.05, 4.69) is 19.9 Å². The molecule has 2 aliphatic rings. The van der Waals surface area contributed by atoms with Crippen molar-refractivity contribution in [1.82, 2.24) is 19.9 Å². The summed E-state index contributed by atoms with van der Waals surface area (Å²) >= 11 is 0. The summed E-state index contributed by atoms with van der Waals surface area (Å²) < 4.78 is 5.49. The third-order valence-electron chi connectivity index (χ3n) is 5.76. The van der Waals surface area contributed by atoms with Crippen LogP contribution in [0.1, 0.15) is 31.6 Å². The maximum Gasteiger partial charge on any atom is 0.241 e. The molecule has 6 nitrogen and oxygen atoms in total. The summed E-state index contributed by atoms with van der Waals surface area (Å²) in [5, 5.41) is 13.5. The van der Waals surface area contributed by atoms with Crippen molar-refractivity contribution in [2.24, 2.45) is 5.92 Å². The lowest BCUT2D eigenvalue weighted by Gasteiger charge is -2.42. The predicted octanol–water partition coefficient (Wildman–Crippen LogP) is 2.41. The maximum atomic E-state index is 9.33. The molecule has 2 aromatic rings. The molecule has 26 heavy (non-hydrogen) atoms. The quantitative estimate of drug-likeness (QED) is 0.887. The second-order valence-electron chi connectivity index (χ2n) is 7.57. The van der Waals surface area contributed by atoms with E-state index >= 15 is 0 Å². The SMILES string of the molecule is OCC1CCN([C@H]2CCCN(Cc3nc(-c4ccccc4)no3)C2)CC1. The Balaban J connectivity index is 1.33. The van der Waals surface area contributed by atoms with Gasteiger partial charge in [-0.3, -0.25) is 9.80 Å². The predicted molar refractivity (Wildman–Crippen MR) is 99.4 cm³/mol. The summed E-state index contributed by atoms with van der Waals surface area (Å²) in [6.45, 7) is 5.44. The van der Waals surface area contributed by atoms with Gasteiger partial charge in [-0.25, -0.2) is 0 Å². The molecule has 140 valence electrons. The van der Waals surface area contributed by atoms with E-state index in [9.17, 15) is 5.11 Å². The van der Waals surface area contributed by atoms with Crippen molar-refractivity contribution in [2.75, 3.05) is 32.8 Å². The molecular weight excluding hydrogens is 328 g/mol. The van der Waals surface area contributed by atoms with Gasteiger partial charge in [-0.05, 0) is 51.2 Å². The van der Waals surface area contributed by atoms with Gasteiger partial charge in [-0.2, -0.15) is 4.98 Å². The van der Waals surface area contributed by atoms with Crippen molar-refractivity contribution in [3.05, 3.63) is 36.2 Å². The number of benzene rings is 1. The van der Waals surface area contributed by atoms with Gasteiger partial charge < -0.3 is 9.63 Å². The van der Waals surface area contributed by atoms with Crippen molar-refractivity contribution < 1.29 is 9.63 Å². The molecule has 0 bridgehead atoms. The molecule has 0 aliphatic carbocycles. The van der Waals surface area contributed by atoms with Crippen LogP contribution in [0, 0.1) is 5.92 Å². The first-order valence-corrected chi connectivity index (χ1v) is 9.77. The van der Waals surface area contributed by atoms with Gasteiger partial charge in [0.15, 0.2) is 0 Å². The Kier molecular flexibility index (Phi) is 5.62. The van der Waals surface area contributed by atoms with Gasteiger partial charge in [0.25, 0.3) is 0 Å². The Hall–Kier alpha value is -1.76. The van der Waals surface area contributed by atoms with Gasteiger partial charge in [-0.15, -0.1) is 0 Å². The highest BCUT2D eigenvalue weighted by atomic mass is 16.5. The Bertz CT molecular complexity index is 682. The zero-order valence-electron chi connectivity index (χ0n) is 15.3. The lowest BCUT2D eigenvalue weighted by Crippen LogP contribution is -2.50. The minimum absolute atomic E-state index is 0.339. The van der Waals surface area contributed by atoms with Crippen LogP contribution < -0.4 is 0 Å². The van der Waals surface area contributed by atoms with Gasteiger partial charge in [0.05, 0.1) is 6.54 Å². The maximum absolute atomic E-state index is 9.33. The normalized spacial score (nSPS) is 23.3. The minimum atomic E-state index is 0.339. The number of piperidine rings is 2. The van der Waals surface area contributed by atoms with E-state index in [4.69, 9.17) is 4.52 Å². The zero-order chi connectivity index (χ0) is 17.8. The van der Waals surface area contributed by atoms with Gasteiger partial charge >= 0.3 is 0 Å². The van der Waals surface area contributed by atoms with E-state index in [1.54, 1.807) is 0 Å². The highest BCUT2D eigenvalue weighted by Gasteiger charge is 2.29. The number of likely N-dealkylation sites (tertiary alicyclic amines) is 2. The second-order valence-corrected chi connectivity index (χ2v) is 7.57. The average Bonchev–Trinajstić information content (AvgIpc) is 3.17. The van der Waals surface area contributed by atoms with E-state index < -0.39 is 0 Å². The summed E-state index contributed by atoms with van der Waals surface area (Å²) in [6.07, 6.45) is 4.72. The molecule has 2 saturated heterocycles. The van der Waals surface area contributed by atoms with Crippen molar-refractivity contribution in [1.29, 1.82) is 0 Å². The Morgan fingerprint density at radius 2 is 1.88 bits per heavy atom. The van der Waals surface area contributed by atoms with Crippen LogP contribution in [0.3, 0.4) is 0 Å². The first-order chi connectivity index (χ1) is 12.8. The largest absolute Gasteiger partial charge is 0.396 e. The molecule has 2 aliphatic heterocycles. The van der Waals surface area contributed by atoms with Crippen LogP contribution in [0.5, 0.6) is 0 Å². The standard InChI is InChI=1S/C20H28N4O2/c25-15-16-8-11-24(12-9-16)18-7-4-10-23(13-18)14-19-21-20(22-26-19)17-5-2-1-3-6-17/h1-3,5-6,16,18,25H,4,7-15H2/t18-/m0/s1. The summed E-state index contributed by atoms with van der Waals surface area (Å²) in [7, 11) is 0. The molecular formula is C20H28N4O2. The van der Waals surface area contributed by atoms with Crippen LogP contribution in [-0.2, 0) is 6.54 Å². The molecule has 4 rings (SSSR count). The summed E-state index contributed by atoms with van der Waals surface area (Å²) in [5.41, 5.74) is 0.991. The lowest BCUT2D eigenvalue weighted by molar-refractivity contribution is 0.0511. The number of hydrogen-bond acceptors (Lipinski definition) is 6. The molecule has 0 spiro atoms. The number of rotatable bonds is 5. The monoisotopic (exact) mass is 356 g/mol. The second kappa shape index (κ2) is 8.29. The molecule has 1 atom stereocenters. The molecule has 0 radical (unpaired) electrons. The summed E-state index contributed by atoms with van der Waals surface area (Å²) in [6, 6.07) is 10.6. The third kappa shape index (κ3) is 4.14. The van der Waals surface area contributed by atoms with Gasteiger partial charge in [0.2, 0.25) is 11.7 Å². The van der Waals surface area contributed by atoms with Crippen molar-refractivity contribution in [3.63, 3.8) is 0 Å². The first kappa shape index (κ1) is 17.6. The Morgan fingerprint density at radius 3 is 2.65 bits per heavy atom. The molecule has 0 amide bonds. The first-order valence-electron chi connectivity index (χ1n) is 9.77. The molecule has 0 unspecified atom stereocenters. The van der Waals surface area contributed by atoms with E-state index in [0.717, 1.165) is 51.1 Å². The number of hydrogen-bond donors (Lipinski definition) is 1. The number of aliphatic hydroxyl groups excluding tert-OH is 1. The molecule has 1 aromatic carbocycles. The summed E-state index contributed by atoms with van der Waals surface area (Å²) in [4.78, 5) is 9.62. The van der Waals surface area contributed by atoms with E-state index in [-0.39, 0.29) is 0 Å². The average molecular weight is 356 g/mol. The van der Waals surface area contributed by atoms with E-state index in [1.807, 2.05) is 30.3 Å². The Labute approximate surface area is 154 Å². The van der Waals surface area contributed by atoms with Crippen LogP contribution in [0.2, 0.25) is 0 Å². The van der Waals surface area contributed by atoms with Crippen LogP contribution in [-0.4, -0.2) is 63.9 Å². The number of nitrogens with zero attached hydrogens (tertiary/aromatic N) is 4. The van der Waals surface area contributed by atoms with Crippen molar-refractivity contribution >= 4 is 0 Å². The molecule has 1 aromatic heterocycles. The highest BCUT2D eigenvalue weighted by Crippen LogP contribution is 2.24. The number of aliphatic hydroxyl groups is 1.